The van der Waals surface area contributed by atoms with Crippen molar-refractivity contribution in [2.45, 2.75) is 25.2 Å². The molecule has 0 fully saturated rings. The summed E-state index contributed by atoms with van der Waals surface area (Å²) in [4.78, 5) is 14.6. The fourth-order valence-electron chi connectivity index (χ4n) is 2.76. The largest absolute Gasteiger partial charge is 0.481 e. The number of carboxylic acids is 1. The van der Waals surface area contributed by atoms with Gasteiger partial charge in [-0.3, -0.25) is 4.79 Å². The highest BCUT2D eigenvalue weighted by atomic mass is 16.4. The fraction of sp³-hybridized carbons (Fsp3) is 0.308. The van der Waals surface area contributed by atoms with Crippen LogP contribution in [0.5, 0.6) is 0 Å². The van der Waals surface area contributed by atoms with E-state index in [0.29, 0.717) is 12.3 Å². The average Bonchev–Trinajstić information content (AvgIpc) is 2.77. The van der Waals surface area contributed by atoms with Gasteiger partial charge in [-0.1, -0.05) is 25.1 Å². The highest BCUT2D eigenvalue weighted by molar-refractivity contribution is 5.92. The van der Waals surface area contributed by atoms with Crippen molar-refractivity contribution < 1.29 is 9.90 Å². The summed E-state index contributed by atoms with van der Waals surface area (Å²) in [6.07, 6.45) is 0.710. The minimum absolute atomic E-state index is 0.309. The summed E-state index contributed by atoms with van der Waals surface area (Å²) >= 11 is 0. The molecule has 1 aromatic carbocycles. The molecule has 2 atom stereocenters. The van der Waals surface area contributed by atoms with E-state index in [0.717, 1.165) is 22.2 Å². The summed E-state index contributed by atoms with van der Waals surface area (Å²) in [6.45, 7) is 2.08. The van der Waals surface area contributed by atoms with Crippen LogP contribution in [0.4, 0.5) is 0 Å². The lowest BCUT2D eigenvalue weighted by Crippen LogP contribution is -2.07. The first-order valence-electron chi connectivity index (χ1n) is 5.51. The van der Waals surface area contributed by atoms with Crippen molar-refractivity contribution in [3.63, 3.8) is 0 Å². The van der Waals surface area contributed by atoms with Gasteiger partial charge < -0.3 is 10.1 Å². The number of para-hydroxylation sites is 1. The Hall–Kier alpha value is -1.77. The number of carboxylic acid groups (broad SMARTS) is 1. The fourth-order valence-corrected chi connectivity index (χ4v) is 2.76. The Morgan fingerprint density at radius 1 is 1.44 bits per heavy atom. The SMILES string of the molecule is C[C@H]1C[C@@H](C(=O)O)c2c1[nH]c1ccccc21. The molecule has 0 amide bonds. The number of nitrogens with one attached hydrogen (secondary N) is 1. The number of benzene rings is 1. The molecule has 82 valence electrons. The number of carbonyl (C=O) groups is 1. The minimum atomic E-state index is -0.713. The van der Waals surface area contributed by atoms with E-state index in [9.17, 15) is 9.90 Å². The average molecular weight is 215 g/mol. The van der Waals surface area contributed by atoms with Gasteiger partial charge in [0, 0.05) is 16.6 Å². The number of hydrogen-bond donors (Lipinski definition) is 2. The van der Waals surface area contributed by atoms with Gasteiger partial charge >= 0.3 is 5.97 Å². The van der Waals surface area contributed by atoms with E-state index in [1.165, 1.54) is 0 Å². The van der Waals surface area contributed by atoms with Crippen LogP contribution in [0.25, 0.3) is 10.9 Å². The molecule has 3 heteroatoms. The summed E-state index contributed by atoms with van der Waals surface area (Å²) < 4.78 is 0. The van der Waals surface area contributed by atoms with Crippen molar-refractivity contribution >= 4 is 16.9 Å². The molecule has 3 rings (SSSR count). The van der Waals surface area contributed by atoms with Gasteiger partial charge in [0.05, 0.1) is 5.92 Å². The number of hydrogen-bond acceptors (Lipinski definition) is 1. The van der Waals surface area contributed by atoms with Crippen molar-refractivity contribution in [3.05, 3.63) is 35.5 Å². The topological polar surface area (TPSA) is 53.1 Å². The van der Waals surface area contributed by atoms with Crippen LogP contribution < -0.4 is 0 Å². The number of rotatable bonds is 1. The summed E-state index contributed by atoms with van der Waals surface area (Å²) in [5, 5.41) is 10.3. The van der Waals surface area contributed by atoms with E-state index < -0.39 is 5.97 Å². The first-order chi connectivity index (χ1) is 7.68. The van der Waals surface area contributed by atoms with Gasteiger partial charge in [0.2, 0.25) is 0 Å². The van der Waals surface area contributed by atoms with Gasteiger partial charge in [0.15, 0.2) is 0 Å². The predicted octanol–water partition coefficient (Wildman–Crippen LogP) is 2.84. The Kier molecular flexibility index (Phi) is 1.84. The van der Waals surface area contributed by atoms with Crippen LogP contribution in [0, 0.1) is 0 Å². The molecule has 2 N–H and O–H groups in total. The lowest BCUT2D eigenvalue weighted by atomic mass is 10.00. The summed E-state index contributed by atoms with van der Waals surface area (Å²) in [7, 11) is 0. The standard InChI is InChI=1S/C13H13NO2/c1-7-6-9(13(15)16)11-8-4-2-3-5-10(8)14-12(7)11/h2-5,7,9,14H,6H2,1H3,(H,15,16)/t7-,9+/m0/s1. The molecule has 0 saturated carbocycles. The molecule has 0 bridgehead atoms. The van der Waals surface area contributed by atoms with Crippen LogP contribution in [-0.4, -0.2) is 16.1 Å². The normalized spacial score (nSPS) is 23.6. The molecule has 0 aliphatic heterocycles. The van der Waals surface area contributed by atoms with E-state index in [-0.39, 0.29) is 5.92 Å². The Balaban J connectivity index is 2.30. The molecule has 0 saturated heterocycles. The van der Waals surface area contributed by atoms with E-state index in [4.69, 9.17) is 0 Å². The molecule has 1 heterocycles. The second kappa shape index (κ2) is 3.11. The van der Waals surface area contributed by atoms with Crippen LogP contribution in [0.2, 0.25) is 0 Å². The molecule has 16 heavy (non-hydrogen) atoms. The Morgan fingerprint density at radius 2 is 2.19 bits per heavy atom. The van der Waals surface area contributed by atoms with Crippen molar-refractivity contribution in [3.8, 4) is 0 Å². The zero-order valence-corrected chi connectivity index (χ0v) is 9.03. The third-order valence-electron chi connectivity index (χ3n) is 3.51. The van der Waals surface area contributed by atoms with E-state index in [2.05, 4.69) is 11.9 Å². The zero-order valence-electron chi connectivity index (χ0n) is 9.03. The van der Waals surface area contributed by atoms with E-state index >= 15 is 0 Å². The van der Waals surface area contributed by atoms with Crippen molar-refractivity contribution in [1.29, 1.82) is 0 Å². The number of H-pyrrole nitrogens is 1. The second-order valence-electron chi connectivity index (χ2n) is 4.53. The third kappa shape index (κ3) is 1.11. The summed E-state index contributed by atoms with van der Waals surface area (Å²) in [5.41, 5.74) is 3.15. The maximum Gasteiger partial charge on any atom is 0.311 e. The quantitative estimate of drug-likeness (QED) is 0.768. The maximum atomic E-state index is 11.2. The Morgan fingerprint density at radius 3 is 2.94 bits per heavy atom. The van der Waals surface area contributed by atoms with Gasteiger partial charge in [-0.2, -0.15) is 0 Å². The lowest BCUT2D eigenvalue weighted by molar-refractivity contribution is -0.138. The molecule has 0 spiro atoms. The number of fused-ring (bicyclic) bond motifs is 3. The molecule has 1 aromatic heterocycles. The van der Waals surface area contributed by atoms with Crippen LogP contribution in [0.15, 0.2) is 24.3 Å². The number of aromatic nitrogens is 1. The first-order valence-corrected chi connectivity index (χ1v) is 5.51. The van der Waals surface area contributed by atoms with Gasteiger partial charge in [-0.25, -0.2) is 0 Å². The van der Waals surface area contributed by atoms with Crippen molar-refractivity contribution in [2.75, 3.05) is 0 Å². The molecule has 0 radical (unpaired) electrons. The van der Waals surface area contributed by atoms with Crippen LogP contribution in [0.1, 0.15) is 36.4 Å². The Labute approximate surface area is 93.1 Å². The molecule has 2 aromatic rings. The summed E-state index contributed by atoms with van der Waals surface area (Å²) in [6, 6.07) is 7.92. The maximum absolute atomic E-state index is 11.2. The molecule has 1 aliphatic carbocycles. The molecule has 1 aliphatic rings. The highest BCUT2D eigenvalue weighted by Crippen LogP contribution is 2.44. The van der Waals surface area contributed by atoms with Crippen LogP contribution >= 0.6 is 0 Å². The second-order valence-corrected chi connectivity index (χ2v) is 4.53. The first kappa shape index (κ1) is 9.46. The predicted molar refractivity (Wildman–Crippen MR) is 61.7 cm³/mol. The minimum Gasteiger partial charge on any atom is -0.481 e. The van der Waals surface area contributed by atoms with Crippen molar-refractivity contribution in [1.82, 2.24) is 4.98 Å². The highest BCUT2D eigenvalue weighted by Gasteiger charge is 2.36. The van der Waals surface area contributed by atoms with Gasteiger partial charge in [-0.15, -0.1) is 0 Å². The van der Waals surface area contributed by atoms with E-state index in [1.807, 2.05) is 24.3 Å². The molecular formula is C13H13NO2. The monoisotopic (exact) mass is 215 g/mol. The van der Waals surface area contributed by atoms with Crippen LogP contribution in [0.3, 0.4) is 0 Å². The number of aromatic amines is 1. The van der Waals surface area contributed by atoms with E-state index in [1.54, 1.807) is 0 Å². The molecular weight excluding hydrogens is 202 g/mol. The number of aliphatic carboxylic acids is 1. The Bertz CT molecular complexity index is 570. The van der Waals surface area contributed by atoms with Crippen LogP contribution in [-0.2, 0) is 4.79 Å². The molecule has 0 unspecified atom stereocenters. The van der Waals surface area contributed by atoms with Gasteiger partial charge in [0.1, 0.15) is 0 Å². The zero-order chi connectivity index (χ0) is 11.3. The molecule has 3 nitrogen and oxygen atoms in total. The summed E-state index contributed by atoms with van der Waals surface area (Å²) in [5.74, 6) is -0.750. The smallest absolute Gasteiger partial charge is 0.311 e. The van der Waals surface area contributed by atoms with Gasteiger partial charge in [-0.05, 0) is 24.0 Å². The lowest BCUT2D eigenvalue weighted by Gasteiger charge is -2.05. The third-order valence-corrected chi connectivity index (χ3v) is 3.51. The van der Waals surface area contributed by atoms with Gasteiger partial charge in [0.25, 0.3) is 0 Å². The van der Waals surface area contributed by atoms with Crippen molar-refractivity contribution in [2.24, 2.45) is 0 Å².